The molecule has 0 N–H and O–H groups in total. The molecule has 1 aromatic carbocycles. The van der Waals surface area contributed by atoms with E-state index in [-0.39, 0.29) is 37.7 Å². The van der Waals surface area contributed by atoms with Crippen molar-refractivity contribution in [1.29, 1.82) is 0 Å². The fourth-order valence-electron chi connectivity index (χ4n) is 0.853. The Morgan fingerprint density at radius 3 is 1.93 bits per heavy atom. The maximum atomic E-state index is 10.5. The van der Waals surface area contributed by atoms with Crippen molar-refractivity contribution in [2.24, 2.45) is 0 Å². The van der Waals surface area contributed by atoms with E-state index in [4.69, 9.17) is 0 Å². The smallest absolute Gasteiger partial charge is 0.744 e. The Balaban J connectivity index is 0. The average molecular weight is 214 g/mol. The van der Waals surface area contributed by atoms with Gasteiger partial charge in [0.2, 0.25) is 0 Å². The van der Waals surface area contributed by atoms with Crippen molar-refractivity contribution in [3.63, 3.8) is 0 Å². The molecule has 0 spiro atoms. The van der Waals surface area contributed by atoms with Crippen LogP contribution >= 0.6 is 0 Å². The monoisotopic (exact) mass is 214 g/mol. The molecule has 0 unspecified atom stereocenters. The molecule has 70 valence electrons. The molecule has 0 aliphatic heterocycles. The molecule has 0 fully saturated rings. The van der Waals surface area contributed by atoms with Gasteiger partial charge in [0.05, 0.1) is 10.9 Å². The number of rotatable bonds is 2. The van der Waals surface area contributed by atoms with Crippen LogP contribution in [0.25, 0.3) is 0 Å². The van der Waals surface area contributed by atoms with E-state index in [1.807, 2.05) is 0 Å². The predicted molar refractivity (Wildman–Crippen MR) is 38.7 cm³/mol. The van der Waals surface area contributed by atoms with Gasteiger partial charge in [-0.2, -0.15) is 0 Å². The number of hydrogen-bond acceptors (Lipinski definition) is 5. The minimum atomic E-state index is -4.75. The molecule has 5 nitrogen and oxygen atoms in total. The van der Waals surface area contributed by atoms with E-state index in [1.165, 1.54) is 12.1 Å². The zero-order valence-electron chi connectivity index (χ0n) is 8.26. The molecule has 8 heteroatoms. The summed E-state index contributed by atoms with van der Waals surface area (Å²) < 4.78 is 31.5. The SMILES string of the molecule is O=C([O-])c1ccccc1S(=O)(=O)[O-].[Li+].[Li+]. The van der Waals surface area contributed by atoms with E-state index in [1.54, 1.807) is 0 Å². The number of benzene rings is 1. The summed E-state index contributed by atoms with van der Waals surface area (Å²) >= 11 is 0. The van der Waals surface area contributed by atoms with Gasteiger partial charge in [-0.25, -0.2) is 8.42 Å². The number of carboxylic acid groups (broad SMARTS) is 1. The van der Waals surface area contributed by atoms with Crippen LogP contribution in [-0.4, -0.2) is 18.9 Å². The molecule has 0 aromatic heterocycles. The molecule has 1 rings (SSSR count). The van der Waals surface area contributed by atoms with E-state index in [0.29, 0.717) is 0 Å². The van der Waals surface area contributed by atoms with Crippen LogP contribution in [0.4, 0.5) is 0 Å². The fraction of sp³-hybridized carbons (Fsp3) is 0. The van der Waals surface area contributed by atoms with Crippen molar-refractivity contribution in [3.8, 4) is 0 Å². The van der Waals surface area contributed by atoms with Gasteiger partial charge in [-0.1, -0.05) is 18.2 Å². The summed E-state index contributed by atoms with van der Waals surface area (Å²) in [4.78, 5) is 9.59. The van der Waals surface area contributed by atoms with E-state index >= 15 is 0 Å². The van der Waals surface area contributed by atoms with Crippen molar-refractivity contribution in [1.82, 2.24) is 0 Å². The Kier molecular flexibility index (Phi) is 7.33. The van der Waals surface area contributed by atoms with E-state index in [0.717, 1.165) is 12.1 Å². The summed E-state index contributed by atoms with van der Waals surface area (Å²) in [6.07, 6.45) is 0. The summed E-state index contributed by atoms with van der Waals surface area (Å²) in [6.45, 7) is 0. The maximum Gasteiger partial charge on any atom is 1.00 e. The Hall–Kier alpha value is -0.205. The van der Waals surface area contributed by atoms with Crippen LogP contribution in [0.15, 0.2) is 29.2 Å². The Morgan fingerprint density at radius 1 is 1.13 bits per heavy atom. The van der Waals surface area contributed by atoms with Gasteiger partial charge < -0.3 is 14.5 Å². The van der Waals surface area contributed by atoms with Crippen molar-refractivity contribution < 1.29 is 60.6 Å². The molecule has 0 amide bonds. The number of hydrogen-bond donors (Lipinski definition) is 0. The van der Waals surface area contributed by atoms with Gasteiger partial charge in [0.1, 0.15) is 10.1 Å². The second kappa shape index (κ2) is 6.39. The quantitative estimate of drug-likeness (QED) is 0.360. The molecule has 0 radical (unpaired) electrons. The van der Waals surface area contributed by atoms with Crippen molar-refractivity contribution in [3.05, 3.63) is 29.8 Å². The first-order valence-corrected chi connectivity index (χ1v) is 4.60. The number of carbonyl (C=O) groups excluding carboxylic acids is 1. The van der Waals surface area contributed by atoms with Crippen LogP contribution in [0.3, 0.4) is 0 Å². The average Bonchev–Trinajstić information content (AvgIpc) is 2.03. The minimum absolute atomic E-state index is 0. The van der Waals surface area contributed by atoms with Gasteiger partial charge >= 0.3 is 37.7 Å². The zero-order valence-corrected chi connectivity index (χ0v) is 9.08. The van der Waals surface area contributed by atoms with E-state index in [2.05, 4.69) is 0 Å². The minimum Gasteiger partial charge on any atom is -0.744 e. The number of carboxylic acids is 1. The van der Waals surface area contributed by atoms with Gasteiger partial charge in [-0.3, -0.25) is 0 Å². The van der Waals surface area contributed by atoms with E-state index in [9.17, 15) is 22.9 Å². The molecular weight excluding hydrogens is 210 g/mol. The molecule has 0 atom stereocenters. The molecule has 0 heterocycles. The topological polar surface area (TPSA) is 97.3 Å². The van der Waals surface area contributed by atoms with Crippen molar-refractivity contribution in [2.75, 3.05) is 0 Å². The third-order valence-electron chi connectivity index (χ3n) is 1.38. The molecule has 0 aliphatic rings. The molecule has 0 bridgehead atoms. The van der Waals surface area contributed by atoms with Crippen LogP contribution in [-0.2, 0) is 10.1 Å². The second-order valence-corrected chi connectivity index (χ2v) is 3.59. The second-order valence-electron chi connectivity index (χ2n) is 2.24. The summed E-state index contributed by atoms with van der Waals surface area (Å²) in [5.74, 6) is -1.69. The normalized spacial score (nSPS) is 9.67. The first kappa shape index (κ1) is 17.2. The zero-order chi connectivity index (χ0) is 10.1. The van der Waals surface area contributed by atoms with Crippen molar-refractivity contribution in [2.45, 2.75) is 4.90 Å². The van der Waals surface area contributed by atoms with Crippen LogP contribution < -0.4 is 42.8 Å². The third-order valence-corrected chi connectivity index (χ3v) is 2.27. The van der Waals surface area contributed by atoms with Crippen molar-refractivity contribution >= 4 is 16.1 Å². The molecule has 0 saturated heterocycles. The summed E-state index contributed by atoms with van der Waals surface area (Å²) in [6, 6.07) is 4.49. The fourth-order valence-corrected chi connectivity index (χ4v) is 1.52. The predicted octanol–water partition coefficient (Wildman–Crippen LogP) is -7.04. The van der Waals surface area contributed by atoms with Crippen LogP contribution in [0.5, 0.6) is 0 Å². The first-order chi connectivity index (χ1) is 5.93. The number of carbonyl (C=O) groups is 1. The van der Waals surface area contributed by atoms with Gasteiger partial charge in [0.15, 0.2) is 0 Å². The van der Waals surface area contributed by atoms with E-state index < -0.39 is 26.5 Å². The summed E-state index contributed by atoms with van der Waals surface area (Å²) in [5, 5.41) is 10.4. The maximum absolute atomic E-state index is 10.5. The Bertz CT molecular complexity index is 442. The molecule has 1 aromatic rings. The standard InChI is InChI=1S/C7H6O5S.2Li/c8-7(9)5-3-1-2-4-6(5)13(10,11)12;;/h1-4H,(H,8,9)(H,10,11,12);;/q;2*+1/p-2. The first-order valence-electron chi connectivity index (χ1n) is 3.19. The van der Waals surface area contributed by atoms with Gasteiger partial charge in [-0.05, 0) is 6.07 Å². The van der Waals surface area contributed by atoms with Gasteiger partial charge in [-0.15, -0.1) is 0 Å². The van der Waals surface area contributed by atoms with Gasteiger partial charge in [0, 0.05) is 5.56 Å². The van der Waals surface area contributed by atoms with Crippen LogP contribution in [0.1, 0.15) is 10.4 Å². The third kappa shape index (κ3) is 4.44. The largest absolute Gasteiger partial charge is 1.00 e. The Labute approximate surface area is 111 Å². The summed E-state index contributed by atoms with van der Waals surface area (Å²) in [5.41, 5.74) is -0.613. The number of aromatic carboxylic acids is 1. The van der Waals surface area contributed by atoms with Crippen LogP contribution in [0.2, 0.25) is 0 Å². The van der Waals surface area contributed by atoms with Crippen LogP contribution in [0, 0.1) is 0 Å². The molecule has 0 aliphatic carbocycles. The molecular formula is C7H4Li2O5S. The summed E-state index contributed by atoms with van der Waals surface area (Å²) in [7, 11) is -4.75. The molecule has 15 heavy (non-hydrogen) atoms. The Morgan fingerprint density at radius 2 is 1.60 bits per heavy atom. The molecule has 0 saturated carbocycles. The van der Waals surface area contributed by atoms with Gasteiger partial charge in [0.25, 0.3) is 0 Å².